The minimum atomic E-state index is 0.162. The SMILES string of the molecule is CC1(CN)CCN(C(=O)C2Cc3ccccc3C2)CC1. The number of fused-ring (bicyclic) bond motifs is 1. The van der Waals surface area contributed by atoms with Gasteiger partial charge in [-0.05, 0) is 48.8 Å². The predicted octanol–water partition coefficient (Wildman–Crippen LogP) is 1.99. The largest absolute Gasteiger partial charge is 0.342 e. The molecule has 0 saturated carbocycles. The molecule has 108 valence electrons. The molecule has 20 heavy (non-hydrogen) atoms. The lowest BCUT2D eigenvalue weighted by molar-refractivity contribution is -0.137. The summed E-state index contributed by atoms with van der Waals surface area (Å²) in [6.07, 6.45) is 3.91. The molecule has 0 bridgehead atoms. The minimum Gasteiger partial charge on any atom is -0.342 e. The molecule has 1 aromatic rings. The van der Waals surface area contributed by atoms with Crippen LogP contribution in [0.3, 0.4) is 0 Å². The summed E-state index contributed by atoms with van der Waals surface area (Å²) in [6, 6.07) is 8.45. The summed E-state index contributed by atoms with van der Waals surface area (Å²) in [5.74, 6) is 0.509. The number of nitrogens with zero attached hydrogens (tertiary/aromatic N) is 1. The van der Waals surface area contributed by atoms with E-state index < -0.39 is 0 Å². The van der Waals surface area contributed by atoms with E-state index in [2.05, 4.69) is 36.1 Å². The molecule has 0 atom stereocenters. The third-order valence-corrected chi connectivity index (χ3v) is 5.18. The molecule has 3 nitrogen and oxygen atoms in total. The topological polar surface area (TPSA) is 46.3 Å². The number of nitrogens with two attached hydrogens (primary N) is 1. The smallest absolute Gasteiger partial charge is 0.226 e. The Morgan fingerprint density at radius 3 is 2.30 bits per heavy atom. The zero-order valence-corrected chi connectivity index (χ0v) is 12.3. The molecule has 0 radical (unpaired) electrons. The number of hydrogen-bond acceptors (Lipinski definition) is 2. The zero-order valence-electron chi connectivity index (χ0n) is 12.3. The number of carbonyl (C=O) groups is 1. The van der Waals surface area contributed by atoms with E-state index in [1.165, 1.54) is 11.1 Å². The number of piperidine rings is 1. The van der Waals surface area contributed by atoms with Crippen LogP contribution in [-0.4, -0.2) is 30.4 Å². The predicted molar refractivity (Wildman–Crippen MR) is 80.3 cm³/mol. The third-order valence-electron chi connectivity index (χ3n) is 5.18. The second kappa shape index (κ2) is 5.21. The molecule has 2 aliphatic rings. The van der Waals surface area contributed by atoms with Crippen molar-refractivity contribution in [2.24, 2.45) is 17.1 Å². The van der Waals surface area contributed by atoms with Crippen LogP contribution >= 0.6 is 0 Å². The molecule has 3 heteroatoms. The van der Waals surface area contributed by atoms with Gasteiger partial charge in [0.1, 0.15) is 0 Å². The van der Waals surface area contributed by atoms with Crippen molar-refractivity contribution in [3.05, 3.63) is 35.4 Å². The van der Waals surface area contributed by atoms with Crippen LogP contribution in [0.2, 0.25) is 0 Å². The van der Waals surface area contributed by atoms with E-state index in [4.69, 9.17) is 5.73 Å². The summed E-state index contributed by atoms with van der Waals surface area (Å²) in [7, 11) is 0. The Morgan fingerprint density at radius 2 is 1.80 bits per heavy atom. The highest BCUT2D eigenvalue weighted by Gasteiger charge is 2.35. The van der Waals surface area contributed by atoms with Crippen molar-refractivity contribution in [1.29, 1.82) is 0 Å². The standard InChI is InChI=1S/C17H24N2O/c1-17(12-18)6-8-19(9-7-17)16(20)15-10-13-4-2-3-5-14(13)11-15/h2-5,15H,6-12,18H2,1H3. The molecule has 1 aliphatic heterocycles. The molecule has 1 aliphatic carbocycles. The van der Waals surface area contributed by atoms with E-state index in [1.807, 2.05) is 0 Å². The average Bonchev–Trinajstić information content (AvgIpc) is 2.91. The van der Waals surface area contributed by atoms with Crippen LogP contribution in [0.25, 0.3) is 0 Å². The van der Waals surface area contributed by atoms with Crippen molar-refractivity contribution in [2.75, 3.05) is 19.6 Å². The van der Waals surface area contributed by atoms with Gasteiger partial charge in [0.05, 0.1) is 0 Å². The quantitative estimate of drug-likeness (QED) is 0.895. The summed E-state index contributed by atoms with van der Waals surface area (Å²) in [5.41, 5.74) is 8.78. The van der Waals surface area contributed by atoms with Gasteiger partial charge in [-0.15, -0.1) is 0 Å². The summed E-state index contributed by atoms with van der Waals surface area (Å²) >= 11 is 0. The van der Waals surface area contributed by atoms with Gasteiger partial charge in [0.25, 0.3) is 0 Å². The molecule has 1 saturated heterocycles. The summed E-state index contributed by atoms with van der Waals surface area (Å²) in [5, 5.41) is 0. The first-order valence-corrected chi connectivity index (χ1v) is 7.67. The zero-order chi connectivity index (χ0) is 14.2. The van der Waals surface area contributed by atoms with Crippen molar-refractivity contribution in [3.8, 4) is 0 Å². The molecule has 1 fully saturated rings. The first kappa shape index (κ1) is 13.6. The van der Waals surface area contributed by atoms with Crippen LogP contribution in [0.15, 0.2) is 24.3 Å². The fourth-order valence-corrected chi connectivity index (χ4v) is 3.46. The van der Waals surface area contributed by atoms with E-state index >= 15 is 0 Å². The van der Waals surface area contributed by atoms with E-state index in [0.29, 0.717) is 5.91 Å². The van der Waals surface area contributed by atoms with Gasteiger partial charge in [-0.3, -0.25) is 4.79 Å². The van der Waals surface area contributed by atoms with Crippen LogP contribution in [0.5, 0.6) is 0 Å². The molecule has 1 heterocycles. The molecule has 3 rings (SSSR count). The van der Waals surface area contributed by atoms with Gasteiger partial charge in [-0.25, -0.2) is 0 Å². The average molecular weight is 272 g/mol. The molecule has 0 unspecified atom stereocenters. The highest BCUT2D eigenvalue weighted by atomic mass is 16.2. The highest BCUT2D eigenvalue weighted by Crippen LogP contribution is 2.32. The Balaban J connectivity index is 1.62. The van der Waals surface area contributed by atoms with Crippen molar-refractivity contribution < 1.29 is 4.79 Å². The van der Waals surface area contributed by atoms with Gasteiger partial charge < -0.3 is 10.6 Å². The maximum absolute atomic E-state index is 12.7. The van der Waals surface area contributed by atoms with E-state index in [0.717, 1.165) is 45.3 Å². The van der Waals surface area contributed by atoms with Crippen LogP contribution in [0, 0.1) is 11.3 Å². The molecule has 1 amide bonds. The summed E-state index contributed by atoms with van der Waals surface area (Å²) in [6.45, 7) is 4.71. The lowest BCUT2D eigenvalue weighted by Gasteiger charge is -2.39. The number of benzene rings is 1. The fourth-order valence-electron chi connectivity index (χ4n) is 3.46. The lowest BCUT2D eigenvalue weighted by atomic mass is 9.80. The lowest BCUT2D eigenvalue weighted by Crippen LogP contribution is -2.46. The van der Waals surface area contributed by atoms with E-state index in [9.17, 15) is 4.79 Å². The monoisotopic (exact) mass is 272 g/mol. The van der Waals surface area contributed by atoms with Crippen molar-refractivity contribution in [1.82, 2.24) is 4.90 Å². The van der Waals surface area contributed by atoms with Crippen molar-refractivity contribution in [2.45, 2.75) is 32.6 Å². The molecular formula is C17H24N2O. The molecule has 0 aromatic heterocycles. The van der Waals surface area contributed by atoms with Gasteiger partial charge >= 0.3 is 0 Å². The van der Waals surface area contributed by atoms with E-state index in [-0.39, 0.29) is 11.3 Å². The Bertz CT molecular complexity index is 478. The van der Waals surface area contributed by atoms with Gasteiger partial charge in [0.2, 0.25) is 5.91 Å². The Kier molecular flexibility index (Phi) is 3.55. The number of likely N-dealkylation sites (tertiary alicyclic amines) is 1. The summed E-state index contributed by atoms with van der Waals surface area (Å²) in [4.78, 5) is 14.7. The van der Waals surface area contributed by atoms with Crippen LogP contribution in [-0.2, 0) is 17.6 Å². The molecule has 0 spiro atoms. The second-order valence-corrected chi connectivity index (χ2v) is 6.71. The van der Waals surface area contributed by atoms with Crippen LogP contribution < -0.4 is 5.73 Å². The van der Waals surface area contributed by atoms with Gasteiger partial charge in [-0.2, -0.15) is 0 Å². The van der Waals surface area contributed by atoms with Gasteiger partial charge in [-0.1, -0.05) is 31.2 Å². The minimum absolute atomic E-state index is 0.162. The number of hydrogen-bond donors (Lipinski definition) is 1. The van der Waals surface area contributed by atoms with Gasteiger partial charge in [0, 0.05) is 19.0 Å². The second-order valence-electron chi connectivity index (χ2n) is 6.71. The fraction of sp³-hybridized carbons (Fsp3) is 0.588. The molecule has 1 aromatic carbocycles. The number of amides is 1. The van der Waals surface area contributed by atoms with Gasteiger partial charge in [0.15, 0.2) is 0 Å². The van der Waals surface area contributed by atoms with Crippen molar-refractivity contribution in [3.63, 3.8) is 0 Å². The Labute approximate surface area is 121 Å². The molecule has 2 N–H and O–H groups in total. The Hall–Kier alpha value is -1.35. The third kappa shape index (κ3) is 2.47. The number of rotatable bonds is 2. The normalized spacial score (nSPS) is 21.8. The first-order valence-electron chi connectivity index (χ1n) is 7.67. The number of carbonyl (C=O) groups excluding carboxylic acids is 1. The van der Waals surface area contributed by atoms with Crippen LogP contribution in [0.1, 0.15) is 30.9 Å². The maximum atomic E-state index is 12.7. The molecular weight excluding hydrogens is 248 g/mol. The first-order chi connectivity index (χ1) is 9.61. The van der Waals surface area contributed by atoms with E-state index in [1.54, 1.807) is 0 Å². The maximum Gasteiger partial charge on any atom is 0.226 e. The highest BCUT2D eigenvalue weighted by molar-refractivity contribution is 5.80. The summed E-state index contributed by atoms with van der Waals surface area (Å²) < 4.78 is 0. The van der Waals surface area contributed by atoms with Crippen LogP contribution in [0.4, 0.5) is 0 Å². The Morgan fingerprint density at radius 1 is 1.25 bits per heavy atom. The van der Waals surface area contributed by atoms with Crippen molar-refractivity contribution >= 4 is 5.91 Å².